The SMILES string of the molecule is O=C(O)C1CCC(NCc2ccc([N+](=O)[O-])o2)CC1. The highest BCUT2D eigenvalue weighted by Gasteiger charge is 2.25. The normalized spacial score (nSPS) is 23.2. The average molecular weight is 268 g/mol. The summed E-state index contributed by atoms with van der Waals surface area (Å²) in [5.74, 6) is -0.693. The van der Waals surface area contributed by atoms with Gasteiger partial charge in [0.1, 0.15) is 10.7 Å². The summed E-state index contributed by atoms with van der Waals surface area (Å²) < 4.78 is 5.04. The molecular weight excluding hydrogens is 252 g/mol. The van der Waals surface area contributed by atoms with Crippen LogP contribution in [0.1, 0.15) is 31.4 Å². The third kappa shape index (κ3) is 3.54. The zero-order valence-corrected chi connectivity index (χ0v) is 10.4. The Hall–Kier alpha value is -1.89. The number of hydrogen-bond donors (Lipinski definition) is 2. The fraction of sp³-hybridized carbons (Fsp3) is 0.583. The van der Waals surface area contributed by atoms with Crippen LogP contribution in [0.3, 0.4) is 0 Å². The highest BCUT2D eigenvalue weighted by atomic mass is 16.6. The van der Waals surface area contributed by atoms with Crippen LogP contribution in [0.5, 0.6) is 0 Å². The molecule has 0 radical (unpaired) electrons. The first kappa shape index (κ1) is 13.5. The van der Waals surface area contributed by atoms with Crippen LogP contribution in [0, 0.1) is 16.0 Å². The minimum absolute atomic E-state index is 0.234. The maximum Gasteiger partial charge on any atom is 0.433 e. The molecule has 1 heterocycles. The standard InChI is InChI=1S/C12H16N2O5/c15-12(16)8-1-3-9(4-2-8)13-7-10-5-6-11(19-10)14(17)18/h5-6,8-9,13H,1-4,7H2,(H,15,16). The molecule has 0 atom stereocenters. The van der Waals surface area contributed by atoms with Gasteiger partial charge in [0.25, 0.3) is 0 Å². The molecule has 2 N–H and O–H groups in total. The number of carboxylic acid groups (broad SMARTS) is 1. The molecule has 0 amide bonds. The Kier molecular flexibility index (Phi) is 4.16. The van der Waals surface area contributed by atoms with E-state index in [0.29, 0.717) is 25.1 Å². The van der Waals surface area contributed by atoms with Gasteiger partial charge < -0.3 is 14.8 Å². The molecule has 1 aromatic heterocycles. The molecule has 0 aromatic carbocycles. The lowest BCUT2D eigenvalue weighted by molar-refractivity contribution is -0.402. The molecule has 1 saturated carbocycles. The van der Waals surface area contributed by atoms with E-state index in [1.54, 1.807) is 6.07 Å². The van der Waals surface area contributed by atoms with Crippen LogP contribution >= 0.6 is 0 Å². The fourth-order valence-electron chi connectivity index (χ4n) is 2.35. The van der Waals surface area contributed by atoms with Crippen LogP contribution in [0.15, 0.2) is 16.5 Å². The number of hydrogen-bond acceptors (Lipinski definition) is 5. The lowest BCUT2D eigenvalue weighted by atomic mass is 9.86. The van der Waals surface area contributed by atoms with E-state index in [9.17, 15) is 14.9 Å². The van der Waals surface area contributed by atoms with E-state index in [-0.39, 0.29) is 17.8 Å². The summed E-state index contributed by atoms with van der Waals surface area (Å²) in [6.45, 7) is 0.427. The van der Waals surface area contributed by atoms with Crippen LogP contribution in [-0.2, 0) is 11.3 Å². The van der Waals surface area contributed by atoms with E-state index < -0.39 is 10.9 Å². The number of nitro groups is 1. The van der Waals surface area contributed by atoms with Crippen LogP contribution < -0.4 is 5.32 Å². The number of nitrogens with zero attached hydrogens (tertiary/aromatic N) is 1. The number of rotatable bonds is 5. The second kappa shape index (κ2) is 5.83. The molecule has 1 aromatic rings. The molecule has 1 aliphatic rings. The zero-order valence-electron chi connectivity index (χ0n) is 10.4. The zero-order chi connectivity index (χ0) is 13.8. The Morgan fingerprint density at radius 2 is 2.11 bits per heavy atom. The van der Waals surface area contributed by atoms with Crippen LogP contribution in [0.25, 0.3) is 0 Å². The second-order valence-corrected chi connectivity index (χ2v) is 4.76. The third-order valence-electron chi connectivity index (χ3n) is 3.47. The van der Waals surface area contributed by atoms with E-state index in [0.717, 1.165) is 12.8 Å². The third-order valence-corrected chi connectivity index (χ3v) is 3.47. The number of carbonyl (C=O) groups is 1. The molecule has 0 saturated heterocycles. The van der Waals surface area contributed by atoms with Gasteiger partial charge in [0.2, 0.25) is 0 Å². The molecule has 104 valence electrons. The maximum absolute atomic E-state index is 10.8. The molecule has 19 heavy (non-hydrogen) atoms. The highest BCUT2D eigenvalue weighted by Crippen LogP contribution is 2.25. The van der Waals surface area contributed by atoms with Gasteiger partial charge in [-0.3, -0.25) is 14.9 Å². The largest absolute Gasteiger partial charge is 0.481 e. The topological polar surface area (TPSA) is 106 Å². The van der Waals surface area contributed by atoms with Crippen molar-refractivity contribution in [1.82, 2.24) is 5.32 Å². The highest BCUT2D eigenvalue weighted by molar-refractivity contribution is 5.70. The number of furan rings is 1. The molecule has 1 aliphatic carbocycles. The van der Waals surface area contributed by atoms with Crippen LogP contribution in [0.4, 0.5) is 5.88 Å². The van der Waals surface area contributed by atoms with Crippen molar-refractivity contribution in [2.75, 3.05) is 0 Å². The summed E-state index contributed by atoms with van der Waals surface area (Å²) in [5, 5.41) is 22.6. The van der Waals surface area contributed by atoms with Crippen molar-refractivity contribution >= 4 is 11.9 Å². The first-order valence-electron chi connectivity index (χ1n) is 6.25. The smallest absolute Gasteiger partial charge is 0.433 e. The predicted molar refractivity (Wildman–Crippen MR) is 65.6 cm³/mol. The minimum Gasteiger partial charge on any atom is -0.481 e. The lowest BCUT2D eigenvalue weighted by Gasteiger charge is -2.26. The van der Waals surface area contributed by atoms with Gasteiger partial charge in [-0.05, 0) is 31.7 Å². The summed E-state index contributed by atoms with van der Waals surface area (Å²) in [7, 11) is 0. The second-order valence-electron chi connectivity index (χ2n) is 4.76. The van der Waals surface area contributed by atoms with Gasteiger partial charge in [0.15, 0.2) is 0 Å². The van der Waals surface area contributed by atoms with E-state index in [1.165, 1.54) is 6.07 Å². The molecule has 0 spiro atoms. The maximum atomic E-state index is 10.8. The van der Waals surface area contributed by atoms with Crippen molar-refractivity contribution in [2.24, 2.45) is 5.92 Å². The predicted octanol–water partition coefficient (Wildman–Crippen LogP) is 1.92. The monoisotopic (exact) mass is 268 g/mol. The van der Waals surface area contributed by atoms with Gasteiger partial charge in [-0.15, -0.1) is 0 Å². The first-order chi connectivity index (χ1) is 9.06. The number of carboxylic acids is 1. The van der Waals surface area contributed by atoms with Crippen molar-refractivity contribution in [1.29, 1.82) is 0 Å². The van der Waals surface area contributed by atoms with Gasteiger partial charge in [-0.25, -0.2) is 0 Å². The molecule has 7 heteroatoms. The summed E-state index contributed by atoms with van der Waals surface area (Å²) in [5.41, 5.74) is 0. The molecule has 0 aliphatic heterocycles. The van der Waals surface area contributed by atoms with E-state index in [1.807, 2.05) is 0 Å². The van der Waals surface area contributed by atoms with Crippen molar-refractivity contribution in [3.63, 3.8) is 0 Å². The number of nitrogens with one attached hydrogen (secondary N) is 1. The summed E-state index contributed by atoms with van der Waals surface area (Å²) in [6, 6.07) is 3.16. The summed E-state index contributed by atoms with van der Waals surface area (Å²) in [6.07, 6.45) is 2.95. The molecule has 0 bridgehead atoms. The quantitative estimate of drug-likeness (QED) is 0.624. The Morgan fingerprint density at radius 1 is 1.42 bits per heavy atom. The van der Waals surface area contributed by atoms with Crippen molar-refractivity contribution in [3.05, 3.63) is 28.0 Å². The van der Waals surface area contributed by atoms with Gasteiger partial charge >= 0.3 is 11.9 Å². The van der Waals surface area contributed by atoms with Crippen molar-refractivity contribution in [2.45, 2.75) is 38.3 Å². The van der Waals surface area contributed by atoms with E-state index >= 15 is 0 Å². The van der Waals surface area contributed by atoms with Gasteiger partial charge in [-0.1, -0.05) is 0 Å². The van der Waals surface area contributed by atoms with Gasteiger partial charge in [0, 0.05) is 6.04 Å². The van der Waals surface area contributed by atoms with Gasteiger partial charge in [-0.2, -0.15) is 0 Å². The summed E-state index contributed by atoms with van der Waals surface area (Å²) in [4.78, 5) is 20.7. The minimum atomic E-state index is -0.722. The van der Waals surface area contributed by atoms with Crippen molar-refractivity contribution in [3.8, 4) is 0 Å². The lowest BCUT2D eigenvalue weighted by Crippen LogP contribution is -2.34. The fourth-order valence-corrected chi connectivity index (χ4v) is 2.35. The molecule has 1 fully saturated rings. The summed E-state index contributed by atoms with van der Waals surface area (Å²) >= 11 is 0. The van der Waals surface area contributed by atoms with Crippen molar-refractivity contribution < 1.29 is 19.2 Å². The Morgan fingerprint density at radius 3 is 2.63 bits per heavy atom. The van der Waals surface area contributed by atoms with Gasteiger partial charge in [0.05, 0.1) is 18.5 Å². The molecule has 2 rings (SSSR count). The Labute approximate surface area is 109 Å². The Bertz CT molecular complexity index is 462. The van der Waals surface area contributed by atoms with Crippen LogP contribution in [0.2, 0.25) is 0 Å². The molecular formula is C12H16N2O5. The van der Waals surface area contributed by atoms with Crippen LogP contribution in [-0.4, -0.2) is 22.0 Å². The first-order valence-corrected chi connectivity index (χ1v) is 6.25. The number of aliphatic carboxylic acids is 1. The molecule has 7 nitrogen and oxygen atoms in total. The molecule has 0 unspecified atom stereocenters. The average Bonchev–Trinajstić information content (AvgIpc) is 2.86. The van der Waals surface area contributed by atoms with E-state index in [4.69, 9.17) is 9.52 Å². The van der Waals surface area contributed by atoms with E-state index in [2.05, 4.69) is 5.32 Å². The Balaban J connectivity index is 1.77.